The number of hydrogen-bond acceptors (Lipinski definition) is 3. The van der Waals surface area contributed by atoms with Gasteiger partial charge in [0, 0.05) is 30.5 Å². The van der Waals surface area contributed by atoms with E-state index in [0.29, 0.717) is 17.7 Å². The maximum Gasteiger partial charge on any atom is 0.128 e. The van der Waals surface area contributed by atoms with Gasteiger partial charge in [-0.2, -0.15) is 0 Å². The fourth-order valence-electron chi connectivity index (χ4n) is 1.87. The van der Waals surface area contributed by atoms with Gasteiger partial charge in [-0.1, -0.05) is 0 Å². The van der Waals surface area contributed by atoms with Crippen molar-refractivity contribution in [2.75, 3.05) is 0 Å². The molecule has 1 unspecified atom stereocenters. The summed E-state index contributed by atoms with van der Waals surface area (Å²) >= 11 is 0. The Morgan fingerprint density at radius 2 is 1.85 bits per heavy atom. The number of nitrogens with one attached hydrogen (secondary N) is 1. The van der Waals surface area contributed by atoms with E-state index >= 15 is 0 Å². The summed E-state index contributed by atoms with van der Waals surface area (Å²) in [5.74, 6) is -0.802. The normalized spacial score (nSPS) is 12.4. The second kappa shape index (κ2) is 6.05. The van der Waals surface area contributed by atoms with Crippen LogP contribution in [0.25, 0.3) is 0 Å². The molecule has 1 aromatic carbocycles. The van der Waals surface area contributed by atoms with E-state index in [1.807, 2.05) is 6.92 Å². The third-order valence-corrected chi connectivity index (χ3v) is 3.17. The zero-order valence-corrected chi connectivity index (χ0v) is 11.7. The zero-order valence-electron chi connectivity index (χ0n) is 11.7. The molecular formula is C15H17F2N3. The monoisotopic (exact) mass is 277 g/mol. The van der Waals surface area contributed by atoms with Crippen LogP contribution in [0.1, 0.15) is 35.5 Å². The van der Waals surface area contributed by atoms with Crippen LogP contribution in [0.5, 0.6) is 0 Å². The van der Waals surface area contributed by atoms with Gasteiger partial charge in [-0.05, 0) is 38.5 Å². The average Bonchev–Trinajstić information content (AvgIpc) is 2.42. The maximum absolute atomic E-state index is 13.8. The highest BCUT2D eigenvalue weighted by Crippen LogP contribution is 2.20. The van der Waals surface area contributed by atoms with Gasteiger partial charge in [0.2, 0.25) is 0 Å². The predicted octanol–water partition coefficient (Wildman–Crippen LogP) is 3.22. The van der Waals surface area contributed by atoms with E-state index in [-0.39, 0.29) is 6.04 Å². The minimum Gasteiger partial charge on any atom is -0.304 e. The summed E-state index contributed by atoms with van der Waals surface area (Å²) in [5, 5.41) is 3.11. The summed E-state index contributed by atoms with van der Waals surface area (Å²) in [5.41, 5.74) is 2.22. The molecule has 1 heterocycles. The number of halogens is 2. The van der Waals surface area contributed by atoms with Crippen LogP contribution in [0.15, 0.2) is 24.5 Å². The number of nitrogens with zero attached hydrogens (tertiary/aromatic N) is 2. The molecule has 5 heteroatoms. The van der Waals surface area contributed by atoms with Crippen LogP contribution < -0.4 is 5.32 Å². The first kappa shape index (κ1) is 14.5. The van der Waals surface area contributed by atoms with E-state index in [9.17, 15) is 8.78 Å². The Bertz CT molecular complexity index is 597. The lowest BCUT2D eigenvalue weighted by Crippen LogP contribution is -2.20. The first-order valence-corrected chi connectivity index (χ1v) is 6.44. The predicted molar refractivity (Wildman–Crippen MR) is 73.1 cm³/mol. The van der Waals surface area contributed by atoms with E-state index in [4.69, 9.17) is 0 Å². The largest absolute Gasteiger partial charge is 0.304 e. The third-order valence-electron chi connectivity index (χ3n) is 3.17. The Balaban J connectivity index is 2.06. The van der Waals surface area contributed by atoms with Crippen LogP contribution in [-0.4, -0.2) is 9.97 Å². The van der Waals surface area contributed by atoms with E-state index in [1.54, 1.807) is 26.2 Å². The van der Waals surface area contributed by atoms with E-state index in [0.717, 1.165) is 11.4 Å². The SMILES string of the molecule is Cc1cnc(CNC(C)c2cc(F)c(C)cc2F)cn1. The van der Waals surface area contributed by atoms with Gasteiger partial charge in [-0.15, -0.1) is 0 Å². The summed E-state index contributed by atoms with van der Waals surface area (Å²) < 4.78 is 27.3. The Morgan fingerprint density at radius 3 is 2.50 bits per heavy atom. The van der Waals surface area contributed by atoms with Gasteiger partial charge in [-0.25, -0.2) is 8.78 Å². The quantitative estimate of drug-likeness (QED) is 0.932. The van der Waals surface area contributed by atoms with Crippen molar-refractivity contribution in [3.63, 3.8) is 0 Å². The maximum atomic E-state index is 13.8. The van der Waals surface area contributed by atoms with Gasteiger partial charge in [0.1, 0.15) is 11.6 Å². The van der Waals surface area contributed by atoms with Crippen LogP contribution in [0.3, 0.4) is 0 Å². The second-order valence-corrected chi connectivity index (χ2v) is 4.87. The topological polar surface area (TPSA) is 37.8 Å². The molecule has 0 radical (unpaired) electrons. The first-order valence-electron chi connectivity index (χ1n) is 6.44. The molecule has 3 nitrogen and oxygen atoms in total. The van der Waals surface area contributed by atoms with Crippen molar-refractivity contribution in [3.05, 3.63) is 58.7 Å². The molecule has 106 valence electrons. The van der Waals surface area contributed by atoms with Crippen molar-refractivity contribution in [2.24, 2.45) is 0 Å². The van der Waals surface area contributed by atoms with Crippen LogP contribution in [0.2, 0.25) is 0 Å². The Hall–Kier alpha value is -1.88. The van der Waals surface area contributed by atoms with Crippen molar-refractivity contribution >= 4 is 0 Å². The average molecular weight is 277 g/mol. The second-order valence-electron chi connectivity index (χ2n) is 4.87. The number of aromatic nitrogens is 2. The minimum absolute atomic E-state index is 0.308. The van der Waals surface area contributed by atoms with Crippen molar-refractivity contribution < 1.29 is 8.78 Å². The molecule has 0 saturated heterocycles. The molecule has 2 rings (SSSR count). The van der Waals surface area contributed by atoms with Gasteiger partial charge >= 0.3 is 0 Å². The summed E-state index contributed by atoms with van der Waals surface area (Å²) in [6, 6.07) is 2.14. The zero-order chi connectivity index (χ0) is 14.7. The number of aryl methyl sites for hydroxylation is 2. The lowest BCUT2D eigenvalue weighted by Gasteiger charge is -2.15. The lowest BCUT2D eigenvalue weighted by molar-refractivity contribution is 0.513. The van der Waals surface area contributed by atoms with E-state index in [2.05, 4.69) is 15.3 Å². The highest BCUT2D eigenvalue weighted by atomic mass is 19.1. The highest BCUT2D eigenvalue weighted by Gasteiger charge is 2.13. The van der Waals surface area contributed by atoms with Crippen LogP contribution >= 0.6 is 0 Å². The lowest BCUT2D eigenvalue weighted by atomic mass is 10.0. The van der Waals surface area contributed by atoms with Gasteiger partial charge in [-0.3, -0.25) is 9.97 Å². The van der Waals surface area contributed by atoms with Gasteiger partial charge < -0.3 is 5.32 Å². The molecule has 2 aromatic rings. The summed E-state index contributed by atoms with van der Waals surface area (Å²) in [6.07, 6.45) is 3.34. The van der Waals surface area contributed by atoms with Gasteiger partial charge in [0.05, 0.1) is 11.4 Å². The van der Waals surface area contributed by atoms with Crippen LogP contribution in [0, 0.1) is 25.5 Å². The molecule has 0 bridgehead atoms. The number of hydrogen-bond donors (Lipinski definition) is 1. The molecule has 1 aromatic heterocycles. The Morgan fingerprint density at radius 1 is 1.10 bits per heavy atom. The fourth-order valence-corrected chi connectivity index (χ4v) is 1.87. The third kappa shape index (κ3) is 3.36. The van der Waals surface area contributed by atoms with Crippen molar-refractivity contribution in [3.8, 4) is 0 Å². The molecule has 1 N–H and O–H groups in total. The smallest absolute Gasteiger partial charge is 0.128 e. The molecule has 1 atom stereocenters. The van der Waals surface area contributed by atoms with Crippen molar-refractivity contribution in [2.45, 2.75) is 33.4 Å². The molecule has 0 spiro atoms. The molecule has 0 fully saturated rings. The van der Waals surface area contributed by atoms with E-state index in [1.165, 1.54) is 12.1 Å². The molecule has 0 aliphatic carbocycles. The summed E-state index contributed by atoms with van der Waals surface area (Å²) in [7, 11) is 0. The van der Waals surface area contributed by atoms with Gasteiger partial charge in [0.25, 0.3) is 0 Å². The first-order chi connectivity index (χ1) is 9.47. The molecule has 0 aliphatic heterocycles. The van der Waals surface area contributed by atoms with Crippen LogP contribution in [-0.2, 0) is 6.54 Å². The van der Waals surface area contributed by atoms with E-state index < -0.39 is 11.6 Å². The fraction of sp³-hybridized carbons (Fsp3) is 0.333. The molecule has 0 amide bonds. The van der Waals surface area contributed by atoms with Crippen molar-refractivity contribution in [1.29, 1.82) is 0 Å². The van der Waals surface area contributed by atoms with Gasteiger partial charge in [0.15, 0.2) is 0 Å². The van der Waals surface area contributed by atoms with Crippen LogP contribution in [0.4, 0.5) is 8.78 Å². The molecular weight excluding hydrogens is 260 g/mol. The molecule has 20 heavy (non-hydrogen) atoms. The summed E-state index contributed by atoms with van der Waals surface area (Å²) in [6.45, 7) is 5.64. The Kier molecular flexibility index (Phi) is 4.39. The number of rotatable bonds is 4. The summed E-state index contributed by atoms with van der Waals surface area (Å²) in [4.78, 5) is 8.34. The highest BCUT2D eigenvalue weighted by molar-refractivity contribution is 5.27. The Labute approximate surface area is 117 Å². The standard InChI is InChI=1S/C15H17F2N3/c1-9-4-15(17)13(5-14(9)16)11(3)19-8-12-7-18-10(2)6-20-12/h4-7,11,19H,8H2,1-3H3. The molecule has 0 saturated carbocycles. The minimum atomic E-state index is -0.404. The molecule has 0 aliphatic rings. The van der Waals surface area contributed by atoms with Crippen molar-refractivity contribution in [1.82, 2.24) is 15.3 Å². The number of benzene rings is 1.